The molecule has 1 N–H and O–H groups in total. The third-order valence-electron chi connectivity index (χ3n) is 4.57. The van der Waals surface area contributed by atoms with E-state index >= 15 is 0 Å². The lowest BCUT2D eigenvalue weighted by molar-refractivity contribution is -0.384. The Hall–Kier alpha value is -3.18. The number of anilines is 1. The minimum Gasteiger partial charge on any atom is -0.495 e. The van der Waals surface area contributed by atoms with Crippen molar-refractivity contribution < 1.29 is 14.5 Å². The summed E-state index contributed by atoms with van der Waals surface area (Å²) in [6, 6.07) is 3.94. The maximum Gasteiger partial charge on any atom is 0.271 e. The molecule has 0 aliphatic carbocycles. The van der Waals surface area contributed by atoms with E-state index in [1.807, 2.05) is 13.8 Å². The van der Waals surface area contributed by atoms with Gasteiger partial charge in [-0.25, -0.2) is 4.98 Å². The number of thiophene rings is 1. The fourth-order valence-corrected chi connectivity index (χ4v) is 4.81. The molecule has 3 rings (SSSR count). The van der Waals surface area contributed by atoms with Gasteiger partial charge in [-0.15, -0.1) is 17.9 Å². The molecule has 2 heterocycles. The third kappa shape index (κ3) is 4.62. The Labute approximate surface area is 185 Å². The number of aromatic nitrogens is 2. The van der Waals surface area contributed by atoms with Gasteiger partial charge in [-0.3, -0.25) is 24.3 Å². The molecule has 1 aromatic carbocycles. The van der Waals surface area contributed by atoms with Gasteiger partial charge in [0.2, 0.25) is 5.91 Å². The number of methoxy groups -OCH3 is 1. The van der Waals surface area contributed by atoms with E-state index in [9.17, 15) is 19.7 Å². The van der Waals surface area contributed by atoms with Crippen molar-refractivity contribution in [3.63, 3.8) is 0 Å². The molecule has 0 aliphatic heterocycles. The number of fused-ring (bicyclic) bond motifs is 1. The summed E-state index contributed by atoms with van der Waals surface area (Å²) in [4.78, 5) is 42.2. The highest BCUT2D eigenvalue weighted by Crippen LogP contribution is 2.30. The Morgan fingerprint density at radius 3 is 2.84 bits per heavy atom. The number of nitro groups is 1. The molecule has 0 saturated heterocycles. The van der Waals surface area contributed by atoms with Crippen LogP contribution in [0.25, 0.3) is 10.2 Å². The SMILES string of the molecule is C=CCn1c(SCC(=O)Nc2cc([N+](=O)[O-])ccc2OC)nc2sc(C)c(C)c2c1=O. The third-order valence-corrected chi connectivity index (χ3v) is 6.64. The number of nitrogens with one attached hydrogen (secondary N) is 1. The van der Waals surface area contributed by atoms with Crippen molar-refractivity contribution in [1.82, 2.24) is 9.55 Å². The zero-order chi connectivity index (χ0) is 22.7. The van der Waals surface area contributed by atoms with Gasteiger partial charge < -0.3 is 10.1 Å². The smallest absolute Gasteiger partial charge is 0.271 e. The van der Waals surface area contributed by atoms with Crippen molar-refractivity contribution in [3.05, 3.63) is 61.8 Å². The molecule has 1 amide bonds. The molecule has 0 spiro atoms. The number of allylic oxidation sites excluding steroid dienone is 1. The van der Waals surface area contributed by atoms with Crippen molar-refractivity contribution in [2.24, 2.45) is 0 Å². The fraction of sp³-hybridized carbons (Fsp3) is 0.250. The topological polar surface area (TPSA) is 116 Å². The maximum atomic E-state index is 13.0. The second-order valence-electron chi connectivity index (χ2n) is 6.54. The fourth-order valence-electron chi connectivity index (χ4n) is 2.93. The molecule has 0 aliphatic rings. The van der Waals surface area contributed by atoms with Crippen molar-refractivity contribution in [2.45, 2.75) is 25.5 Å². The van der Waals surface area contributed by atoms with Gasteiger partial charge in [0.1, 0.15) is 10.6 Å². The number of aryl methyl sites for hydroxylation is 2. The highest BCUT2D eigenvalue weighted by atomic mass is 32.2. The Morgan fingerprint density at radius 1 is 1.45 bits per heavy atom. The molecule has 0 saturated carbocycles. The van der Waals surface area contributed by atoms with Gasteiger partial charge in [-0.2, -0.15) is 0 Å². The standard InChI is InChI=1S/C20H20N4O5S2/c1-5-8-23-19(26)17-11(2)12(3)31-18(17)22-20(23)30-10-16(25)21-14-9-13(24(27)28)6-7-15(14)29-4/h5-7,9H,1,8,10H2,2-4H3,(H,21,25). The Bertz CT molecular complexity index is 1250. The Balaban J connectivity index is 1.86. The molecule has 31 heavy (non-hydrogen) atoms. The number of thioether (sulfide) groups is 1. The van der Waals surface area contributed by atoms with Crippen LogP contribution < -0.4 is 15.6 Å². The van der Waals surface area contributed by atoms with E-state index in [2.05, 4.69) is 16.9 Å². The van der Waals surface area contributed by atoms with Crippen LogP contribution in [0, 0.1) is 24.0 Å². The second-order valence-corrected chi connectivity index (χ2v) is 8.69. The van der Waals surface area contributed by atoms with Crippen molar-refractivity contribution >= 4 is 50.6 Å². The molecule has 0 unspecified atom stereocenters. The predicted octanol–water partition coefficient (Wildman–Crippen LogP) is 3.91. The number of amides is 1. The number of hydrogen-bond acceptors (Lipinski definition) is 8. The first-order valence-corrected chi connectivity index (χ1v) is 10.9. The number of nitrogens with zero attached hydrogens (tertiary/aromatic N) is 3. The van der Waals surface area contributed by atoms with Crippen LogP contribution >= 0.6 is 23.1 Å². The van der Waals surface area contributed by atoms with Gasteiger partial charge in [0.05, 0.1) is 28.9 Å². The minimum atomic E-state index is -0.554. The van der Waals surface area contributed by atoms with E-state index in [1.54, 1.807) is 6.08 Å². The summed E-state index contributed by atoms with van der Waals surface area (Å²) in [5.41, 5.74) is 0.759. The summed E-state index contributed by atoms with van der Waals surface area (Å²) in [5, 5.41) is 14.6. The summed E-state index contributed by atoms with van der Waals surface area (Å²) in [6.45, 7) is 7.79. The van der Waals surface area contributed by atoms with Gasteiger partial charge in [-0.05, 0) is 25.5 Å². The van der Waals surface area contributed by atoms with Gasteiger partial charge >= 0.3 is 0 Å². The first kappa shape index (κ1) is 22.5. The van der Waals surface area contributed by atoms with Crippen LogP contribution in [0.5, 0.6) is 5.75 Å². The highest BCUT2D eigenvalue weighted by Gasteiger charge is 2.18. The normalized spacial score (nSPS) is 10.8. The van der Waals surface area contributed by atoms with Crippen LogP contribution in [0.3, 0.4) is 0 Å². The van der Waals surface area contributed by atoms with Crippen molar-refractivity contribution in [1.29, 1.82) is 0 Å². The van der Waals surface area contributed by atoms with Gasteiger partial charge in [0.25, 0.3) is 11.2 Å². The monoisotopic (exact) mass is 460 g/mol. The number of benzene rings is 1. The molecular formula is C20H20N4O5S2. The van der Waals surface area contributed by atoms with Crippen molar-refractivity contribution in [3.8, 4) is 5.75 Å². The van der Waals surface area contributed by atoms with E-state index in [0.29, 0.717) is 21.1 Å². The number of non-ortho nitro benzene ring substituents is 1. The molecule has 0 radical (unpaired) electrons. The number of carbonyl (C=O) groups excluding carboxylic acids is 1. The number of ether oxygens (including phenoxy) is 1. The molecule has 3 aromatic rings. The second kappa shape index (κ2) is 9.31. The van der Waals surface area contributed by atoms with Crippen LogP contribution in [0.4, 0.5) is 11.4 Å². The van der Waals surface area contributed by atoms with Gasteiger partial charge in [0.15, 0.2) is 5.16 Å². The van der Waals surface area contributed by atoms with Gasteiger partial charge in [0, 0.05) is 23.6 Å². The maximum absolute atomic E-state index is 13.0. The van der Waals surface area contributed by atoms with E-state index in [1.165, 1.54) is 41.2 Å². The van der Waals surface area contributed by atoms with Crippen LogP contribution in [-0.4, -0.2) is 33.2 Å². The summed E-state index contributed by atoms with van der Waals surface area (Å²) in [7, 11) is 1.41. The largest absolute Gasteiger partial charge is 0.495 e. The minimum absolute atomic E-state index is 0.0513. The lowest BCUT2D eigenvalue weighted by Gasteiger charge is -2.12. The summed E-state index contributed by atoms with van der Waals surface area (Å²) in [5.74, 6) is -0.164. The summed E-state index contributed by atoms with van der Waals surface area (Å²) < 4.78 is 6.65. The van der Waals surface area contributed by atoms with Crippen LogP contribution in [0.1, 0.15) is 10.4 Å². The van der Waals surface area contributed by atoms with E-state index in [4.69, 9.17) is 4.74 Å². The van der Waals surface area contributed by atoms with E-state index in [0.717, 1.165) is 22.2 Å². The van der Waals surface area contributed by atoms with Gasteiger partial charge in [-0.1, -0.05) is 17.8 Å². The molecule has 2 aromatic heterocycles. The van der Waals surface area contributed by atoms with Crippen LogP contribution in [0.2, 0.25) is 0 Å². The molecule has 0 fully saturated rings. The molecule has 0 bridgehead atoms. The van der Waals surface area contributed by atoms with Crippen LogP contribution in [-0.2, 0) is 11.3 Å². The zero-order valence-corrected chi connectivity index (χ0v) is 18.8. The summed E-state index contributed by atoms with van der Waals surface area (Å²) in [6.07, 6.45) is 1.60. The lowest BCUT2D eigenvalue weighted by atomic mass is 10.2. The molecule has 0 atom stereocenters. The molecular weight excluding hydrogens is 440 g/mol. The quantitative estimate of drug-likeness (QED) is 0.178. The predicted molar refractivity (Wildman–Crippen MR) is 123 cm³/mol. The lowest BCUT2D eigenvalue weighted by Crippen LogP contribution is -2.23. The molecule has 162 valence electrons. The number of carbonyl (C=O) groups is 1. The highest BCUT2D eigenvalue weighted by molar-refractivity contribution is 7.99. The van der Waals surface area contributed by atoms with E-state index in [-0.39, 0.29) is 29.2 Å². The number of hydrogen-bond donors (Lipinski definition) is 1. The number of rotatable bonds is 8. The number of nitro benzene ring substituents is 1. The first-order valence-electron chi connectivity index (χ1n) is 9.13. The molecule has 9 nitrogen and oxygen atoms in total. The Morgan fingerprint density at radius 2 is 2.19 bits per heavy atom. The zero-order valence-electron chi connectivity index (χ0n) is 17.1. The van der Waals surface area contributed by atoms with E-state index < -0.39 is 10.8 Å². The average Bonchev–Trinajstić information content (AvgIpc) is 3.02. The summed E-state index contributed by atoms with van der Waals surface area (Å²) >= 11 is 2.54. The average molecular weight is 461 g/mol. The molecule has 11 heteroatoms. The van der Waals surface area contributed by atoms with Crippen LogP contribution in [0.15, 0.2) is 40.8 Å². The Kier molecular flexibility index (Phi) is 6.76. The van der Waals surface area contributed by atoms with Crippen molar-refractivity contribution in [2.75, 3.05) is 18.2 Å². The first-order chi connectivity index (χ1) is 14.8.